The second-order valence-electron chi connectivity index (χ2n) is 5.83. The molecule has 1 N–H and O–H groups in total. The summed E-state index contributed by atoms with van der Waals surface area (Å²) < 4.78 is 7.31. The Morgan fingerprint density at radius 2 is 1.95 bits per heavy atom. The number of aromatic nitrogens is 1. The van der Waals surface area contributed by atoms with Crippen molar-refractivity contribution in [3.8, 4) is 5.75 Å². The summed E-state index contributed by atoms with van der Waals surface area (Å²) in [6.07, 6.45) is 6.43. The van der Waals surface area contributed by atoms with Gasteiger partial charge in [-0.25, -0.2) is 4.79 Å². The van der Waals surface area contributed by atoms with Gasteiger partial charge in [-0.15, -0.1) is 0 Å². The molecule has 1 heterocycles. The zero-order valence-electron chi connectivity index (χ0n) is 13.6. The number of fused-ring (bicyclic) bond motifs is 1. The number of carboxylic acid groups (broad SMARTS) is 1. The van der Waals surface area contributed by atoms with E-state index in [1.165, 1.54) is 12.8 Å². The van der Waals surface area contributed by atoms with E-state index in [0.29, 0.717) is 17.2 Å². The van der Waals surface area contributed by atoms with Gasteiger partial charge in [0.15, 0.2) is 0 Å². The van der Waals surface area contributed by atoms with Gasteiger partial charge in [0.05, 0.1) is 12.7 Å². The molecule has 2 aromatic rings. The molecule has 0 bridgehead atoms. The fourth-order valence-corrected chi connectivity index (χ4v) is 3.15. The van der Waals surface area contributed by atoms with Crippen LogP contribution in [0.2, 0.25) is 0 Å². The summed E-state index contributed by atoms with van der Waals surface area (Å²) in [5, 5.41) is 10.2. The second kappa shape index (κ2) is 7.34. The molecular weight excluding hydrogens is 278 g/mol. The first-order valence-electron chi connectivity index (χ1n) is 8.00. The Hall–Kier alpha value is -1.97. The van der Waals surface area contributed by atoms with Crippen LogP contribution in [0.5, 0.6) is 5.75 Å². The minimum atomic E-state index is -0.889. The van der Waals surface area contributed by atoms with Crippen LogP contribution in [0.15, 0.2) is 24.4 Å². The van der Waals surface area contributed by atoms with Gasteiger partial charge in [0.25, 0.3) is 0 Å². The SMILES string of the molecule is CCCC(CCC)Cn1cc(C(=O)O)c2cc(OC)ccc21. The molecule has 0 fully saturated rings. The predicted molar refractivity (Wildman–Crippen MR) is 88.8 cm³/mol. The Morgan fingerprint density at radius 1 is 1.27 bits per heavy atom. The topological polar surface area (TPSA) is 51.5 Å². The van der Waals surface area contributed by atoms with E-state index in [-0.39, 0.29) is 0 Å². The van der Waals surface area contributed by atoms with Crippen LogP contribution in [-0.4, -0.2) is 22.8 Å². The van der Waals surface area contributed by atoms with Crippen LogP contribution >= 0.6 is 0 Å². The molecular formula is C18H25NO3. The number of rotatable bonds is 8. The molecule has 0 aliphatic heterocycles. The first-order valence-corrected chi connectivity index (χ1v) is 8.00. The molecule has 0 radical (unpaired) electrons. The first kappa shape index (κ1) is 16.4. The molecule has 0 unspecified atom stereocenters. The molecule has 4 nitrogen and oxygen atoms in total. The standard InChI is InChI=1S/C18H25NO3/c1-4-6-13(7-5-2)11-19-12-16(18(20)21)15-10-14(22-3)8-9-17(15)19/h8-10,12-13H,4-7,11H2,1-3H3,(H,20,21). The summed E-state index contributed by atoms with van der Waals surface area (Å²) in [5.41, 5.74) is 1.32. The maximum atomic E-state index is 11.5. The summed E-state index contributed by atoms with van der Waals surface area (Å²) in [7, 11) is 1.59. The van der Waals surface area contributed by atoms with E-state index in [2.05, 4.69) is 18.4 Å². The zero-order valence-corrected chi connectivity index (χ0v) is 13.6. The van der Waals surface area contributed by atoms with Crippen LogP contribution in [0.3, 0.4) is 0 Å². The summed E-state index contributed by atoms with van der Waals surface area (Å²) in [6.45, 7) is 5.27. The third-order valence-electron chi connectivity index (χ3n) is 4.17. The average Bonchev–Trinajstić information content (AvgIpc) is 2.86. The van der Waals surface area contributed by atoms with E-state index >= 15 is 0 Å². The Bertz CT molecular complexity index is 639. The van der Waals surface area contributed by atoms with Gasteiger partial charge < -0.3 is 14.4 Å². The maximum Gasteiger partial charge on any atom is 0.337 e. The van der Waals surface area contributed by atoms with Crippen molar-refractivity contribution in [3.63, 3.8) is 0 Å². The Morgan fingerprint density at radius 3 is 2.50 bits per heavy atom. The molecule has 1 aromatic carbocycles. The molecule has 0 saturated heterocycles. The van der Waals surface area contributed by atoms with E-state index in [0.717, 1.165) is 30.3 Å². The van der Waals surface area contributed by atoms with Crippen molar-refractivity contribution in [3.05, 3.63) is 30.0 Å². The van der Waals surface area contributed by atoms with Crippen LogP contribution in [0.1, 0.15) is 49.9 Å². The molecule has 0 spiro atoms. The molecule has 22 heavy (non-hydrogen) atoms. The summed E-state index contributed by atoms with van der Waals surface area (Å²) in [4.78, 5) is 11.5. The Balaban J connectivity index is 2.43. The fourth-order valence-electron chi connectivity index (χ4n) is 3.15. The highest BCUT2D eigenvalue weighted by molar-refractivity contribution is 6.03. The number of ether oxygens (including phenoxy) is 1. The molecule has 0 aliphatic carbocycles. The lowest BCUT2D eigenvalue weighted by atomic mass is 9.98. The van der Waals surface area contributed by atoms with Crippen molar-refractivity contribution in [1.29, 1.82) is 0 Å². The third kappa shape index (κ3) is 3.43. The van der Waals surface area contributed by atoms with Gasteiger partial charge in [-0.2, -0.15) is 0 Å². The lowest BCUT2D eigenvalue weighted by Crippen LogP contribution is -2.10. The van der Waals surface area contributed by atoms with E-state index < -0.39 is 5.97 Å². The molecule has 0 aliphatic rings. The highest BCUT2D eigenvalue weighted by atomic mass is 16.5. The minimum absolute atomic E-state index is 0.348. The number of aromatic carboxylic acids is 1. The number of nitrogens with zero attached hydrogens (tertiary/aromatic N) is 1. The largest absolute Gasteiger partial charge is 0.497 e. The number of methoxy groups -OCH3 is 1. The zero-order chi connectivity index (χ0) is 16.1. The van der Waals surface area contributed by atoms with Gasteiger partial charge in [0.2, 0.25) is 0 Å². The Kier molecular flexibility index (Phi) is 5.47. The number of carboxylic acids is 1. The molecule has 2 rings (SSSR count). The summed E-state index contributed by atoms with van der Waals surface area (Å²) in [5.74, 6) is 0.389. The van der Waals surface area contributed by atoms with Crippen molar-refractivity contribution in [2.75, 3.05) is 7.11 Å². The second-order valence-corrected chi connectivity index (χ2v) is 5.83. The predicted octanol–water partition coefficient (Wildman–Crippen LogP) is 4.56. The number of hydrogen-bond acceptors (Lipinski definition) is 2. The summed E-state index contributed by atoms with van der Waals surface area (Å²) >= 11 is 0. The molecule has 120 valence electrons. The van der Waals surface area contributed by atoms with Gasteiger partial charge >= 0.3 is 5.97 Å². The van der Waals surface area contributed by atoms with Gasteiger partial charge in [0.1, 0.15) is 5.75 Å². The smallest absolute Gasteiger partial charge is 0.337 e. The van der Waals surface area contributed by atoms with Crippen molar-refractivity contribution in [2.24, 2.45) is 5.92 Å². The normalized spacial score (nSPS) is 11.3. The van der Waals surface area contributed by atoms with Crippen molar-refractivity contribution < 1.29 is 14.6 Å². The van der Waals surface area contributed by atoms with Crippen LogP contribution in [0.25, 0.3) is 10.9 Å². The fraction of sp³-hybridized carbons (Fsp3) is 0.500. The lowest BCUT2D eigenvalue weighted by Gasteiger charge is -2.17. The van der Waals surface area contributed by atoms with Crippen LogP contribution in [0.4, 0.5) is 0 Å². The van der Waals surface area contributed by atoms with Gasteiger partial charge in [-0.1, -0.05) is 26.7 Å². The number of hydrogen-bond donors (Lipinski definition) is 1. The van der Waals surface area contributed by atoms with Crippen LogP contribution < -0.4 is 4.74 Å². The monoisotopic (exact) mass is 303 g/mol. The van der Waals surface area contributed by atoms with Crippen molar-refractivity contribution in [2.45, 2.75) is 46.1 Å². The highest BCUT2D eigenvalue weighted by Gasteiger charge is 2.17. The first-order chi connectivity index (χ1) is 10.6. The van der Waals surface area contributed by atoms with E-state index in [9.17, 15) is 9.90 Å². The van der Waals surface area contributed by atoms with E-state index in [1.807, 2.05) is 18.2 Å². The number of benzene rings is 1. The van der Waals surface area contributed by atoms with Crippen LogP contribution in [0, 0.1) is 5.92 Å². The minimum Gasteiger partial charge on any atom is -0.497 e. The molecule has 0 amide bonds. The lowest BCUT2D eigenvalue weighted by molar-refractivity contribution is 0.0698. The quantitative estimate of drug-likeness (QED) is 0.777. The molecule has 0 saturated carbocycles. The van der Waals surface area contributed by atoms with Gasteiger partial charge in [-0.05, 0) is 37.0 Å². The average molecular weight is 303 g/mol. The van der Waals surface area contributed by atoms with Crippen LogP contribution in [-0.2, 0) is 6.54 Å². The molecule has 0 atom stereocenters. The highest BCUT2D eigenvalue weighted by Crippen LogP contribution is 2.28. The van der Waals surface area contributed by atoms with E-state index in [1.54, 1.807) is 13.3 Å². The summed E-state index contributed by atoms with van der Waals surface area (Å²) in [6, 6.07) is 5.65. The van der Waals surface area contributed by atoms with Crippen molar-refractivity contribution in [1.82, 2.24) is 4.57 Å². The van der Waals surface area contributed by atoms with Gasteiger partial charge in [0, 0.05) is 23.6 Å². The Labute approximate surface area is 131 Å². The van der Waals surface area contributed by atoms with E-state index in [4.69, 9.17) is 4.74 Å². The third-order valence-corrected chi connectivity index (χ3v) is 4.17. The molecule has 1 aromatic heterocycles. The maximum absolute atomic E-state index is 11.5. The number of carbonyl (C=O) groups is 1. The van der Waals surface area contributed by atoms with Gasteiger partial charge in [-0.3, -0.25) is 0 Å². The van der Waals surface area contributed by atoms with Crippen molar-refractivity contribution >= 4 is 16.9 Å². The molecule has 4 heteroatoms.